The SMILES string of the molecule is CC(CBr)CCCCC(C)CBr. The van der Waals surface area contributed by atoms with Gasteiger partial charge in [0.2, 0.25) is 0 Å². The number of alkyl halides is 2. The van der Waals surface area contributed by atoms with E-state index in [0.29, 0.717) is 0 Å². The molecule has 0 aromatic heterocycles. The lowest BCUT2D eigenvalue weighted by atomic mass is 10.0. The molecule has 0 aliphatic heterocycles. The van der Waals surface area contributed by atoms with Gasteiger partial charge in [-0.2, -0.15) is 0 Å². The van der Waals surface area contributed by atoms with Crippen molar-refractivity contribution in [2.24, 2.45) is 11.8 Å². The van der Waals surface area contributed by atoms with E-state index in [4.69, 9.17) is 0 Å². The molecule has 0 saturated carbocycles. The molecule has 0 rings (SSSR count). The Kier molecular flexibility index (Phi) is 9.24. The molecule has 2 unspecified atom stereocenters. The number of hydrogen-bond acceptors (Lipinski definition) is 0. The standard InChI is InChI=1S/C10H20Br2/c1-9(7-11)5-3-4-6-10(2)8-12/h9-10H,3-8H2,1-2H3. The summed E-state index contributed by atoms with van der Waals surface area (Å²) in [4.78, 5) is 0. The van der Waals surface area contributed by atoms with Crippen molar-refractivity contribution >= 4 is 31.9 Å². The number of unbranched alkanes of at least 4 members (excludes halogenated alkanes) is 1. The van der Waals surface area contributed by atoms with E-state index < -0.39 is 0 Å². The smallest absolute Gasteiger partial charge is 0.00570 e. The number of hydrogen-bond donors (Lipinski definition) is 0. The van der Waals surface area contributed by atoms with Crippen molar-refractivity contribution in [2.75, 3.05) is 10.7 Å². The van der Waals surface area contributed by atoms with Gasteiger partial charge in [0.1, 0.15) is 0 Å². The Balaban J connectivity index is 3.10. The van der Waals surface area contributed by atoms with Crippen LogP contribution in [0.4, 0.5) is 0 Å². The second-order valence-electron chi connectivity index (χ2n) is 3.80. The molecular weight excluding hydrogens is 280 g/mol. The van der Waals surface area contributed by atoms with Crippen LogP contribution in [0.15, 0.2) is 0 Å². The third-order valence-electron chi connectivity index (χ3n) is 2.17. The Morgan fingerprint density at radius 3 is 1.42 bits per heavy atom. The minimum absolute atomic E-state index is 0.851. The Bertz CT molecular complexity index is 81.8. The van der Waals surface area contributed by atoms with Crippen molar-refractivity contribution < 1.29 is 0 Å². The molecule has 0 fully saturated rings. The number of halogens is 2. The first-order chi connectivity index (χ1) is 5.70. The van der Waals surface area contributed by atoms with Gasteiger partial charge in [-0.25, -0.2) is 0 Å². The van der Waals surface area contributed by atoms with E-state index in [0.717, 1.165) is 22.5 Å². The zero-order chi connectivity index (χ0) is 9.40. The molecule has 74 valence electrons. The molecule has 0 nitrogen and oxygen atoms in total. The molecule has 0 radical (unpaired) electrons. The highest BCUT2D eigenvalue weighted by molar-refractivity contribution is 9.09. The van der Waals surface area contributed by atoms with Crippen LogP contribution in [0, 0.1) is 11.8 Å². The molecule has 0 saturated heterocycles. The second-order valence-corrected chi connectivity index (χ2v) is 5.10. The highest BCUT2D eigenvalue weighted by Crippen LogP contribution is 2.15. The summed E-state index contributed by atoms with van der Waals surface area (Å²) in [5.41, 5.74) is 0. The molecule has 0 aromatic rings. The minimum atomic E-state index is 0.851. The van der Waals surface area contributed by atoms with E-state index in [2.05, 4.69) is 45.7 Å². The molecule has 0 amide bonds. The third kappa shape index (κ3) is 7.60. The van der Waals surface area contributed by atoms with Crippen LogP contribution in [0.5, 0.6) is 0 Å². The average Bonchev–Trinajstić information content (AvgIpc) is 2.11. The van der Waals surface area contributed by atoms with Gasteiger partial charge in [-0.1, -0.05) is 58.5 Å². The maximum Gasteiger partial charge on any atom is 0.00570 e. The largest absolute Gasteiger partial charge is 0.0925 e. The Morgan fingerprint density at radius 1 is 0.833 bits per heavy atom. The normalized spacial score (nSPS) is 16.0. The first kappa shape index (κ1) is 13.0. The van der Waals surface area contributed by atoms with Gasteiger partial charge in [-0.15, -0.1) is 0 Å². The molecular formula is C10H20Br2. The maximum atomic E-state index is 3.50. The van der Waals surface area contributed by atoms with E-state index in [1.165, 1.54) is 25.7 Å². The summed E-state index contributed by atoms with van der Waals surface area (Å²) in [6.45, 7) is 4.62. The van der Waals surface area contributed by atoms with Gasteiger partial charge in [-0.05, 0) is 24.7 Å². The molecule has 0 heterocycles. The molecule has 2 heteroatoms. The van der Waals surface area contributed by atoms with Gasteiger partial charge in [-0.3, -0.25) is 0 Å². The fraction of sp³-hybridized carbons (Fsp3) is 1.00. The quantitative estimate of drug-likeness (QED) is 0.476. The van der Waals surface area contributed by atoms with Crippen molar-refractivity contribution in [2.45, 2.75) is 39.5 Å². The van der Waals surface area contributed by atoms with Crippen LogP contribution in [0.2, 0.25) is 0 Å². The molecule has 0 aliphatic rings. The molecule has 2 atom stereocenters. The summed E-state index contributed by atoms with van der Waals surface area (Å²) < 4.78 is 0. The van der Waals surface area contributed by atoms with E-state index in [1.54, 1.807) is 0 Å². The topological polar surface area (TPSA) is 0 Å². The van der Waals surface area contributed by atoms with Gasteiger partial charge in [0.25, 0.3) is 0 Å². The predicted molar refractivity (Wildman–Crippen MR) is 64.4 cm³/mol. The summed E-state index contributed by atoms with van der Waals surface area (Å²) in [7, 11) is 0. The van der Waals surface area contributed by atoms with Crippen molar-refractivity contribution in [3.05, 3.63) is 0 Å². The van der Waals surface area contributed by atoms with Crippen LogP contribution in [-0.4, -0.2) is 10.7 Å². The summed E-state index contributed by atoms with van der Waals surface area (Å²) in [5.74, 6) is 1.70. The van der Waals surface area contributed by atoms with Crippen LogP contribution in [0.25, 0.3) is 0 Å². The second kappa shape index (κ2) is 8.55. The fourth-order valence-electron chi connectivity index (χ4n) is 1.14. The maximum absolute atomic E-state index is 3.50. The minimum Gasteiger partial charge on any atom is -0.0925 e. The first-order valence-electron chi connectivity index (χ1n) is 4.82. The lowest BCUT2D eigenvalue weighted by Crippen LogP contribution is -1.98. The third-order valence-corrected chi connectivity index (χ3v) is 4.38. The predicted octanol–water partition coefficient (Wildman–Crippen LogP) is 4.61. The summed E-state index contributed by atoms with van der Waals surface area (Å²) in [6, 6.07) is 0. The highest BCUT2D eigenvalue weighted by Gasteiger charge is 2.01. The monoisotopic (exact) mass is 298 g/mol. The molecule has 0 aliphatic carbocycles. The van der Waals surface area contributed by atoms with Crippen molar-refractivity contribution in [1.82, 2.24) is 0 Å². The van der Waals surface area contributed by atoms with Crippen LogP contribution in [0.1, 0.15) is 39.5 Å². The average molecular weight is 300 g/mol. The van der Waals surface area contributed by atoms with Gasteiger partial charge < -0.3 is 0 Å². The van der Waals surface area contributed by atoms with E-state index >= 15 is 0 Å². The highest BCUT2D eigenvalue weighted by atomic mass is 79.9. The van der Waals surface area contributed by atoms with Crippen LogP contribution >= 0.6 is 31.9 Å². The lowest BCUT2D eigenvalue weighted by molar-refractivity contribution is 0.493. The van der Waals surface area contributed by atoms with Crippen molar-refractivity contribution in [3.8, 4) is 0 Å². The van der Waals surface area contributed by atoms with E-state index in [1.807, 2.05) is 0 Å². The first-order valence-corrected chi connectivity index (χ1v) is 7.07. The fourth-order valence-corrected chi connectivity index (χ4v) is 1.79. The summed E-state index contributed by atoms with van der Waals surface area (Å²) in [5, 5.41) is 2.31. The zero-order valence-corrected chi connectivity index (χ0v) is 11.3. The Hall–Kier alpha value is 0.960. The van der Waals surface area contributed by atoms with Gasteiger partial charge in [0.15, 0.2) is 0 Å². The molecule has 0 N–H and O–H groups in total. The zero-order valence-electron chi connectivity index (χ0n) is 8.15. The van der Waals surface area contributed by atoms with Gasteiger partial charge >= 0.3 is 0 Å². The van der Waals surface area contributed by atoms with Gasteiger partial charge in [0, 0.05) is 10.7 Å². The van der Waals surface area contributed by atoms with Gasteiger partial charge in [0.05, 0.1) is 0 Å². The van der Waals surface area contributed by atoms with Crippen LogP contribution in [0.3, 0.4) is 0 Å². The van der Waals surface area contributed by atoms with E-state index in [-0.39, 0.29) is 0 Å². The Morgan fingerprint density at radius 2 is 1.17 bits per heavy atom. The summed E-state index contributed by atoms with van der Waals surface area (Å²) >= 11 is 7.00. The lowest BCUT2D eigenvalue weighted by Gasteiger charge is -2.09. The van der Waals surface area contributed by atoms with E-state index in [9.17, 15) is 0 Å². The van der Waals surface area contributed by atoms with Crippen molar-refractivity contribution in [3.63, 3.8) is 0 Å². The molecule has 0 aromatic carbocycles. The molecule has 0 spiro atoms. The van der Waals surface area contributed by atoms with Crippen LogP contribution in [-0.2, 0) is 0 Å². The molecule has 0 bridgehead atoms. The van der Waals surface area contributed by atoms with Crippen LogP contribution < -0.4 is 0 Å². The molecule has 12 heavy (non-hydrogen) atoms. The number of rotatable bonds is 7. The summed E-state index contributed by atoms with van der Waals surface area (Å²) in [6.07, 6.45) is 5.54. The van der Waals surface area contributed by atoms with Crippen molar-refractivity contribution in [1.29, 1.82) is 0 Å². The Labute approximate surface area is 93.8 Å².